The fourth-order valence-electron chi connectivity index (χ4n) is 2.59. The Balaban J connectivity index is 2.00. The summed E-state index contributed by atoms with van der Waals surface area (Å²) in [5.41, 5.74) is 5.44. The van der Waals surface area contributed by atoms with Gasteiger partial charge in [0.15, 0.2) is 5.15 Å². The highest BCUT2D eigenvalue weighted by Gasteiger charge is 2.19. The number of nitrogens with zero attached hydrogens (tertiary/aromatic N) is 2. The monoisotopic (exact) mass is 382 g/mol. The van der Waals surface area contributed by atoms with E-state index >= 15 is 0 Å². The second kappa shape index (κ2) is 6.97. The van der Waals surface area contributed by atoms with E-state index in [0.717, 1.165) is 30.5 Å². The van der Waals surface area contributed by atoms with Gasteiger partial charge in [0.25, 0.3) is 0 Å². The van der Waals surface area contributed by atoms with Gasteiger partial charge in [0.2, 0.25) is 0 Å². The molecule has 5 nitrogen and oxygen atoms in total. The molecular weight excluding hydrogens is 373 g/mol. The molecule has 0 saturated carbocycles. The Labute approximate surface area is 153 Å². The van der Waals surface area contributed by atoms with Crippen LogP contribution in [0.25, 0.3) is 0 Å². The molecule has 1 aromatic heterocycles. The van der Waals surface area contributed by atoms with Crippen molar-refractivity contribution in [3.63, 3.8) is 0 Å². The summed E-state index contributed by atoms with van der Waals surface area (Å²) in [6.07, 6.45) is 2.75. The van der Waals surface area contributed by atoms with Crippen molar-refractivity contribution >= 4 is 52.2 Å². The lowest BCUT2D eigenvalue weighted by atomic mass is 9.90. The van der Waals surface area contributed by atoms with Crippen molar-refractivity contribution in [3.8, 4) is 0 Å². The molecule has 0 atom stereocenters. The zero-order chi connectivity index (χ0) is 17.3. The predicted molar refractivity (Wildman–Crippen MR) is 93.1 cm³/mol. The third-order valence-electron chi connectivity index (χ3n) is 3.72. The van der Waals surface area contributed by atoms with E-state index in [2.05, 4.69) is 21.6 Å². The van der Waals surface area contributed by atoms with Crippen molar-refractivity contribution in [2.75, 3.05) is 5.43 Å². The highest BCUT2D eigenvalue weighted by Crippen LogP contribution is 2.37. The van der Waals surface area contributed by atoms with Gasteiger partial charge in [-0.1, -0.05) is 59.1 Å². The highest BCUT2D eigenvalue weighted by molar-refractivity contribution is 6.46. The molecule has 1 aliphatic rings. The summed E-state index contributed by atoms with van der Waals surface area (Å²) in [6, 6.07) is 7.97. The third kappa shape index (κ3) is 3.20. The molecule has 8 heteroatoms. The molecule has 1 N–H and O–H groups in total. The van der Waals surface area contributed by atoms with E-state index in [-0.39, 0.29) is 20.9 Å². The largest absolute Gasteiger partial charge is 0.543 e. The van der Waals surface area contributed by atoms with E-state index < -0.39 is 11.7 Å². The number of nitrogens with one attached hydrogen (secondary N) is 1. The van der Waals surface area contributed by atoms with Gasteiger partial charge in [-0.15, -0.1) is 0 Å². The van der Waals surface area contributed by atoms with Crippen LogP contribution >= 0.6 is 34.8 Å². The Morgan fingerprint density at radius 1 is 1.17 bits per heavy atom. The number of hydrogen-bond donors (Lipinski definition) is 1. The normalized spacial score (nSPS) is 15.2. The summed E-state index contributed by atoms with van der Waals surface area (Å²) in [5, 5.41) is 15.1. The fraction of sp³-hybridized carbons (Fsp3) is 0.188. The molecule has 0 radical (unpaired) electrons. The number of halogens is 3. The summed E-state index contributed by atoms with van der Waals surface area (Å²) in [7, 11) is 0. The van der Waals surface area contributed by atoms with E-state index in [0.29, 0.717) is 0 Å². The number of aromatic nitrogens is 1. The van der Waals surface area contributed by atoms with Gasteiger partial charge in [-0.25, -0.2) is 4.98 Å². The van der Waals surface area contributed by atoms with Crippen LogP contribution in [-0.2, 0) is 6.42 Å². The first-order valence-electron chi connectivity index (χ1n) is 7.15. The number of anilines is 1. The van der Waals surface area contributed by atoms with Gasteiger partial charge in [-0.3, -0.25) is 5.43 Å². The second-order valence-electron chi connectivity index (χ2n) is 5.22. The quantitative estimate of drug-likeness (QED) is 0.649. The van der Waals surface area contributed by atoms with Gasteiger partial charge < -0.3 is 9.90 Å². The second-order valence-corrected chi connectivity index (χ2v) is 6.34. The molecular formula is C16H11Cl3N3O2-. The molecule has 24 heavy (non-hydrogen) atoms. The average molecular weight is 384 g/mol. The smallest absolute Gasteiger partial charge is 0.150 e. The zero-order valence-corrected chi connectivity index (χ0v) is 14.5. The van der Waals surface area contributed by atoms with Crippen LogP contribution in [0.5, 0.6) is 0 Å². The van der Waals surface area contributed by atoms with Gasteiger partial charge in [0.1, 0.15) is 10.7 Å². The van der Waals surface area contributed by atoms with E-state index in [9.17, 15) is 9.90 Å². The van der Waals surface area contributed by atoms with Crippen LogP contribution in [-0.4, -0.2) is 16.7 Å². The van der Waals surface area contributed by atoms with Crippen LogP contribution < -0.4 is 10.5 Å². The number of fused-ring (bicyclic) bond motifs is 1. The molecule has 1 aromatic carbocycles. The van der Waals surface area contributed by atoms with Gasteiger partial charge in [-0.05, 0) is 24.8 Å². The molecule has 0 bridgehead atoms. The summed E-state index contributed by atoms with van der Waals surface area (Å²) < 4.78 is 0. The van der Waals surface area contributed by atoms with Crippen molar-refractivity contribution in [3.05, 3.63) is 56.3 Å². The van der Waals surface area contributed by atoms with E-state index in [4.69, 9.17) is 34.8 Å². The molecule has 2 aromatic rings. The Kier molecular flexibility index (Phi) is 4.94. The standard InChI is InChI=1S/C16H12Cl3N3O2/c17-11-13(12(18)15(19)20-14(11)16(23)24)22-21-10-7-3-5-8-4-1-2-6-9(8)10/h1-2,4,6H,3,5,7H2,(H,20,22)(H,23,24)/p-1. The van der Waals surface area contributed by atoms with Crippen LogP contribution in [0.15, 0.2) is 29.4 Å². The van der Waals surface area contributed by atoms with E-state index in [1.54, 1.807) is 0 Å². The third-order valence-corrected chi connectivity index (χ3v) is 4.83. The number of aromatic carboxylic acids is 1. The molecule has 0 aliphatic heterocycles. The molecule has 0 amide bonds. The van der Waals surface area contributed by atoms with E-state index in [1.807, 2.05) is 18.2 Å². The van der Waals surface area contributed by atoms with Gasteiger partial charge in [-0.2, -0.15) is 5.10 Å². The van der Waals surface area contributed by atoms with Crippen molar-refractivity contribution in [1.29, 1.82) is 0 Å². The lowest BCUT2D eigenvalue weighted by Gasteiger charge is -2.18. The number of carbonyl (C=O) groups is 1. The van der Waals surface area contributed by atoms with Crippen molar-refractivity contribution in [1.82, 2.24) is 4.98 Å². The molecule has 1 aliphatic carbocycles. The Hall–Kier alpha value is -1.82. The molecule has 1 heterocycles. The minimum Gasteiger partial charge on any atom is -0.543 e. The Morgan fingerprint density at radius 3 is 2.67 bits per heavy atom. The van der Waals surface area contributed by atoms with E-state index in [1.165, 1.54) is 5.56 Å². The fourth-order valence-corrected chi connectivity index (χ4v) is 3.25. The number of carbonyl (C=O) groups excluding carboxylic acids is 1. The Morgan fingerprint density at radius 2 is 1.92 bits per heavy atom. The van der Waals surface area contributed by atoms with Gasteiger partial charge in [0, 0.05) is 5.56 Å². The number of hydrazone groups is 1. The minimum absolute atomic E-state index is 0.000103. The van der Waals surface area contributed by atoms with Crippen molar-refractivity contribution < 1.29 is 9.90 Å². The minimum atomic E-state index is -1.54. The first-order chi connectivity index (χ1) is 11.5. The first kappa shape index (κ1) is 17.0. The van der Waals surface area contributed by atoms with Crippen LogP contribution in [0, 0.1) is 0 Å². The number of rotatable bonds is 3. The average Bonchev–Trinajstić information content (AvgIpc) is 2.58. The van der Waals surface area contributed by atoms with Crippen LogP contribution in [0.3, 0.4) is 0 Å². The zero-order valence-electron chi connectivity index (χ0n) is 12.3. The van der Waals surface area contributed by atoms with Gasteiger partial charge in [0.05, 0.1) is 22.4 Å². The highest BCUT2D eigenvalue weighted by atomic mass is 35.5. The SMILES string of the molecule is O=C([O-])c1nc(Cl)c(Cl)c(NN=C2CCCc3ccccc32)c1Cl. The molecule has 124 valence electrons. The van der Waals surface area contributed by atoms with Crippen molar-refractivity contribution in [2.24, 2.45) is 5.10 Å². The first-order valence-corrected chi connectivity index (χ1v) is 8.29. The summed E-state index contributed by atoms with van der Waals surface area (Å²) in [6.45, 7) is 0. The van der Waals surface area contributed by atoms with Crippen LogP contribution in [0.4, 0.5) is 5.69 Å². The molecule has 0 fully saturated rings. The number of carboxylic acids is 1. The maximum Gasteiger partial charge on any atom is 0.150 e. The summed E-state index contributed by atoms with van der Waals surface area (Å²) in [5.74, 6) is -1.54. The Bertz CT molecular complexity index is 853. The van der Waals surface area contributed by atoms with Crippen LogP contribution in [0.2, 0.25) is 15.2 Å². The number of hydrogen-bond acceptors (Lipinski definition) is 5. The molecule has 0 saturated heterocycles. The number of aryl methyl sites for hydroxylation is 1. The number of benzene rings is 1. The molecule has 0 unspecified atom stereocenters. The lowest BCUT2D eigenvalue weighted by Crippen LogP contribution is -2.24. The van der Waals surface area contributed by atoms with Gasteiger partial charge >= 0.3 is 0 Å². The van der Waals surface area contributed by atoms with Crippen molar-refractivity contribution in [2.45, 2.75) is 19.3 Å². The number of carboxylic acid groups (broad SMARTS) is 1. The maximum atomic E-state index is 11.1. The van der Waals surface area contributed by atoms with Crippen LogP contribution in [0.1, 0.15) is 34.5 Å². The predicted octanol–water partition coefficient (Wildman–Crippen LogP) is 3.56. The maximum absolute atomic E-state index is 11.1. The summed E-state index contributed by atoms with van der Waals surface area (Å²) >= 11 is 18.0. The topological polar surface area (TPSA) is 77.4 Å². The molecule has 0 spiro atoms. The lowest BCUT2D eigenvalue weighted by molar-refractivity contribution is -0.255. The number of pyridine rings is 1. The summed E-state index contributed by atoms with van der Waals surface area (Å²) in [4.78, 5) is 14.7. The molecule has 3 rings (SSSR count).